The van der Waals surface area contributed by atoms with Gasteiger partial charge in [-0.25, -0.2) is 19.2 Å². The number of aliphatic hydroxyl groups excluding tert-OH is 3. The minimum atomic E-state index is -1.98. The zero-order chi connectivity index (χ0) is 40.5. The lowest BCUT2D eigenvalue weighted by molar-refractivity contribution is -0.170. The lowest BCUT2D eigenvalue weighted by Crippen LogP contribution is -2.39. The fourth-order valence-electron chi connectivity index (χ4n) is 3.74. The molecule has 0 heterocycles. The molecule has 0 bridgehead atoms. The summed E-state index contributed by atoms with van der Waals surface area (Å²) < 4.78 is 47.2. The molecular formula is C36H58O17. The molecule has 0 aliphatic rings. The molecule has 0 radical (unpaired) electrons. The molecule has 0 saturated carbocycles. The number of aliphatic hydroxyl groups is 3. The Labute approximate surface area is 311 Å². The van der Waals surface area contributed by atoms with E-state index in [0.717, 1.165) is 0 Å². The highest BCUT2D eigenvalue weighted by atomic mass is 16.6. The summed E-state index contributed by atoms with van der Waals surface area (Å²) in [6.45, 7) is 16.9. The van der Waals surface area contributed by atoms with Crippen molar-refractivity contribution in [2.45, 2.75) is 47.1 Å². The highest BCUT2D eigenvalue weighted by Gasteiger charge is 2.35. The molecule has 4 unspecified atom stereocenters. The molecule has 53 heavy (non-hydrogen) atoms. The molecule has 0 aromatic heterocycles. The van der Waals surface area contributed by atoms with Gasteiger partial charge in [0.1, 0.15) is 26.4 Å². The number of carbonyl (C=O) groups excluding carboxylic acids is 5. The molecule has 0 amide bonds. The van der Waals surface area contributed by atoms with E-state index in [1.165, 1.54) is 20.8 Å². The SMILES string of the molecule is C=C(C)C(=O)OCCOCC(C)(CO)COCCOC(=O)C(O)C(CCOC(=O)C(=C)C)C(=O)OCCOCC(C)(CO)COCCOC(=O)C(=C)C. The number of ether oxygens (including phenoxy) is 9. The Bertz CT molecular complexity index is 1200. The van der Waals surface area contributed by atoms with Crippen LogP contribution < -0.4 is 0 Å². The summed E-state index contributed by atoms with van der Waals surface area (Å²) in [4.78, 5) is 60.3. The summed E-state index contributed by atoms with van der Waals surface area (Å²) in [5.41, 5.74) is -1.02. The first-order chi connectivity index (χ1) is 24.9. The zero-order valence-corrected chi connectivity index (χ0v) is 31.6. The van der Waals surface area contributed by atoms with E-state index in [1.807, 2.05) is 0 Å². The molecular weight excluding hydrogens is 704 g/mol. The number of rotatable bonds is 31. The molecule has 17 heteroatoms. The summed E-state index contributed by atoms with van der Waals surface area (Å²) in [6.07, 6.45) is -2.26. The fourth-order valence-corrected chi connectivity index (χ4v) is 3.74. The van der Waals surface area contributed by atoms with Crippen LogP contribution in [0.5, 0.6) is 0 Å². The average Bonchev–Trinajstić information content (AvgIpc) is 3.11. The Balaban J connectivity index is 4.88. The van der Waals surface area contributed by atoms with Crippen LogP contribution in [0.2, 0.25) is 0 Å². The van der Waals surface area contributed by atoms with Crippen molar-refractivity contribution in [1.29, 1.82) is 0 Å². The molecule has 304 valence electrons. The molecule has 0 aromatic carbocycles. The first-order valence-corrected chi connectivity index (χ1v) is 16.9. The van der Waals surface area contributed by atoms with Gasteiger partial charge in [-0.15, -0.1) is 0 Å². The van der Waals surface area contributed by atoms with Crippen LogP contribution in [0.25, 0.3) is 0 Å². The predicted octanol–water partition coefficient (Wildman–Crippen LogP) is 0.862. The maximum absolute atomic E-state index is 12.9. The van der Waals surface area contributed by atoms with Crippen LogP contribution in [0.4, 0.5) is 0 Å². The van der Waals surface area contributed by atoms with Crippen molar-refractivity contribution in [1.82, 2.24) is 0 Å². The molecule has 0 fully saturated rings. The van der Waals surface area contributed by atoms with E-state index in [9.17, 15) is 39.3 Å². The Morgan fingerprint density at radius 2 is 0.811 bits per heavy atom. The maximum atomic E-state index is 12.9. The monoisotopic (exact) mass is 762 g/mol. The topological polar surface area (TPSA) is 229 Å². The van der Waals surface area contributed by atoms with Crippen molar-refractivity contribution in [2.24, 2.45) is 16.7 Å². The first-order valence-electron chi connectivity index (χ1n) is 16.9. The molecule has 4 atom stereocenters. The first kappa shape index (κ1) is 49.3. The van der Waals surface area contributed by atoms with Crippen LogP contribution in [-0.4, -0.2) is 150 Å². The van der Waals surface area contributed by atoms with Crippen LogP contribution in [0.15, 0.2) is 36.5 Å². The Morgan fingerprint density at radius 1 is 0.509 bits per heavy atom. The van der Waals surface area contributed by atoms with Gasteiger partial charge in [-0.1, -0.05) is 33.6 Å². The standard InChI is InChI=1S/C36H58O17/c1-25(2)30(40)49-10-9-28(33(43)52-17-13-47-23-35(7,19-37)21-45-11-15-50-31(41)26(3)4)29(39)34(44)53-18-14-48-24-36(8,20-38)22-46-12-16-51-32(42)27(5)6/h28-29,37-39H,1,3,5,9-24H2,2,4,6-8H3. The van der Waals surface area contributed by atoms with Crippen LogP contribution in [0, 0.1) is 16.7 Å². The van der Waals surface area contributed by atoms with Gasteiger partial charge >= 0.3 is 29.8 Å². The molecule has 0 rings (SSSR count). The molecule has 0 aromatic rings. The van der Waals surface area contributed by atoms with Crippen LogP contribution in [0.1, 0.15) is 41.0 Å². The second kappa shape index (κ2) is 27.0. The largest absolute Gasteiger partial charge is 0.463 e. The highest BCUT2D eigenvalue weighted by Crippen LogP contribution is 2.19. The normalized spacial score (nSPS) is 14.4. The van der Waals surface area contributed by atoms with Crippen LogP contribution in [0.3, 0.4) is 0 Å². The Kier molecular flexibility index (Phi) is 25.1. The van der Waals surface area contributed by atoms with Crippen LogP contribution >= 0.6 is 0 Å². The van der Waals surface area contributed by atoms with E-state index in [1.54, 1.807) is 13.8 Å². The fraction of sp³-hybridized carbons (Fsp3) is 0.694. The predicted molar refractivity (Wildman–Crippen MR) is 187 cm³/mol. The van der Waals surface area contributed by atoms with Crippen molar-refractivity contribution >= 4 is 29.8 Å². The third-order valence-electron chi connectivity index (χ3n) is 7.06. The quantitative estimate of drug-likeness (QED) is 0.0385. The van der Waals surface area contributed by atoms with Gasteiger partial charge in [0.2, 0.25) is 0 Å². The molecule has 0 aliphatic heterocycles. The lowest BCUT2D eigenvalue weighted by atomic mass is 9.94. The van der Waals surface area contributed by atoms with E-state index < -0.39 is 52.7 Å². The van der Waals surface area contributed by atoms with Gasteiger partial charge in [-0.05, 0) is 27.2 Å². The lowest BCUT2D eigenvalue weighted by Gasteiger charge is -2.27. The smallest absolute Gasteiger partial charge is 0.335 e. The number of esters is 5. The molecule has 0 aliphatic carbocycles. The van der Waals surface area contributed by atoms with E-state index >= 15 is 0 Å². The van der Waals surface area contributed by atoms with Crippen molar-refractivity contribution in [3.05, 3.63) is 36.5 Å². The Morgan fingerprint density at radius 3 is 1.13 bits per heavy atom. The second-order valence-electron chi connectivity index (χ2n) is 13.1. The van der Waals surface area contributed by atoms with Gasteiger partial charge in [-0.2, -0.15) is 0 Å². The zero-order valence-electron chi connectivity index (χ0n) is 31.6. The summed E-state index contributed by atoms with van der Waals surface area (Å²) >= 11 is 0. The van der Waals surface area contributed by atoms with Gasteiger partial charge in [0, 0.05) is 27.5 Å². The van der Waals surface area contributed by atoms with E-state index in [4.69, 9.17) is 42.6 Å². The third kappa shape index (κ3) is 22.2. The molecule has 17 nitrogen and oxygen atoms in total. The number of hydrogen-bond donors (Lipinski definition) is 3. The maximum Gasteiger partial charge on any atom is 0.335 e. The summed E-state index contributed by atoms with van der Waals surface area (Å²) in [5.74, 6) is -5.41. The van der Waals surface area contributed by atoms with Gasteiger partial charge < -0.3 is 58.0 Å². The highest BCUT2D eigenvalue weighted by molar-refractivity contribution is 5.88. The average molecular weight is 763 g/mol. The van der Waals surface area contributed by atoms with Gasteiger partial charge in [0.15, 0.2) is 6.10 Å². The minimum Gasteiger partial charge on any atom is -0.463 e. The number of hydrogen-bond acceptors (Lipinski definition) is 17. The van der Waals surface area contributed by atoms with E-state index in [-0.39, 0.29) is 122 Å². The Hall–Kier alpha value is -3.71. The van der Waals surface area contributed by atoms with E-state index in [0.29, 0.717) is 0 Å². The summed E-state index contributed by atoms with van der Waals surface area (Å²) in [5, 5.41) is 30.3. The van der Waals surface area contributed by atoms with Crippen molar-refractivity contribution < 1.29 is 81.9 Å². The summed E-state index contributed by atoms with van der Waals surface area (Å²) in [6, 6.07) is 0. The molecule has 0 saturated heterocycles. The van der Waals surface area contributed by atoms with E-state index in [2.05, 4.69) is 19.7 Å². The molecule has 0 spiro atoms. The minimum absolute atomic E-state index is 0.00478. The molecule has 3 N–H and O–H groups in total. The van der Waals surface area contributed by atoms with Gasteiger partial charge in [0.05, 0.1) is 78.6 Å². The van der Waals surface area contributed by atoms with Gasteiger partial charge in [0.25, 0.3) is 0 Å². The van der Waals surface area contributed by atoms with Crippen molar-refractivity contribution in [2.75, 3.05) is 99.1 Å². The van der Waals surface area contributed by atoms with Crippen LogP contribution in [-0.2, 0) is 66.6 Å². The van der Waals surface area contributed by atoms with Gasteiger partial charge in [-0.3, -0.25) is 4.79 Å². The summed E-state index contributed by atoms with van der Waals surface area (Å²) in [7, 11) is 0. The van der Waals surface area contributed by atoms with Crippen molar-refractivity contribution in [3.63, 3.8) is 0 Å². The second-order valence-corrected chi connectivity index (χ2v) is 13.1. The van der Waals surface area contributed by atoms with Crippen molar-refractivity contribution in [3.8, 4) is 0 Å². The number of carbonyl (C=O) groups is 5. The third-order valence-corrected chi connectivity index (χ3v) is 7.06.